The Morgan fingerprint density at radius 1 is 1.18 bits per heavy atom. The van der Waals surface area contributed by atoms with Crippen LogP contribution in [0.4, 0.5) is 0 Å². The molecule has 0 radical (unpaired) electrons. The van der Waals surface area contributed by atoms with Crippen LogP contribution in [0.2, 0.25) is 0 Å². The van der Waals surface area contributed by atoms with E-state index in [0.717, 1.165) is 45.0 Å². The zero-order valence-electron chi connectivity index (χ0n) is 20.0. The molecular weight excluding hydrogens is 525 g/mol. The summed E-state index contributed by atoms with van der Waals surface area (Å²) >= 11 is 0. The summed E-state index contributed by atoms with van der Waals surface area (Å²) in [6.07, 6.45) is 1.93. The Morgan fingerprint density at radius 2 is 1.94 bits per heavy atom. The Bertz CT molecular complexity index is 932. The number of nitrogens with zero attached hydrogens (tertiary/aromatic N) is 2. The van der Waals surface area contributed by atoms with Gasteiger partial charge < -0.3 is 16.4 Å². The average Bonchev–Trinajstić information content (AvgIpc) is 2.79. The van der Waals surface area contributed by atoms with Gasteiger partial charge in [0.05, 0.1) is 5.92 Å². The zero-order valence-corrected chi connectivity index (χ0v) is 22.3. The van der Waals surface area contributed by atoms with Crippen molar-refractivity contribution in [3.05, 3.63) is 70.8 Å². The molecule has 3 rings (SSSR count). The number of aryl methyl sites for hydroxylation is 1. The normalized spacial score (nSPS) is 17.7. The maximum Gasteiger partial charge on any atom is 0.221 e. The van der Waals surface area contributed by atoms with Crippen LogP contribution in [0.3, 0.4) is 0 Å². The fraction of sp³-hybridized carbons (Fsp3) is 0.462. The fourth-order valence-electron chi connectivity index (χ4n) is 4.28. The summed E-state index contributed by atoms with van der Waals surface area (Å²) in [6, 6.07) is 17.2. The van der Waals surface area contributed by atoms with Gasteiger partial charge in [-0.3, -0.25) is 14.7 Å². The Kier molecular flexibility index (Phi) is 11.1. The Hall–Kier alpha value is -2.13. The average molecular weight is 564 g/mol. The maximum atomic E-state index is 11.5. The minimum atomic E-state index is -0.178. The second kappa shape index (κ2) is 13.5. The summed E-state index contributed by atoms with van der Waals surface area (Å²) in [7, 11) is 1.80. The molecule has 0 aromatic heterocycles. The highest BCUT2D eigenvalue weighted by Gasteiger charge is 2.23. The first-order valence-corrected chi connectivity index (χ1v) is 11.5. The number of likely N-dealkylation sites (tertiary alicyclic amines) is 1. The van der Waals surface area contributed by atoms with Gasteiger partial charge in [0.25, 0.3) is 0 Å². The summed E-state index contributed by atoms with van der Waals surface area (Å²) in [5, 5.41) is 6.86. The second-order valence-electron chi connectivity index (χ2n) is 8.92. The highest BCUT2D eigenvalue weighted by atomic mass is 127. The molecule has 2 aromatic rings. The molecule has 2 atom stereocenters. The lowest BCUT2D eigenvalue weighted by atomic mass is 9.97. The molecule has 6 nitrogen and oxygen atoms in total. The summed E-state index contributed by atoms with van der Waals surface area (Å²) in [4.78, 5) is 18.2. The molecule has 1 aliphatic heterocycles. The lowest BCUT2D eigenvalue weighted by molar-refractivity contribution is -0.123. The molecule has 0 bridgehead atoms. The number of amides is 1. The van der Waals surface area contributed by atoms with Crippen molar-refractivity contribution in [3.8, 4) is 0 Å². The number of guanidine groups is 1. The highest BCUT2D eigenvalue weighted by Crippen LogP contribution is 2.19. The third kappa shape index (κ3) is 8.62. The summed E-state index contributed by atoms with van der Waals surface area (Å²) in [6.45, 7) is 8.49. The van der Waals surface area contributed by atoms with Crippen molar-refractivity contribution in [1.29, 1.82) is 0 Å². The molecule has 1 heterocycles. The van der Waals surface area contributed by atoms with Gasteiger partial charge in [0.15, 0.2) is 5.96 Å². The van der Waals surface area contributed by atoms with Gasteiger partial charge in [0.2, 0.25) is 5.91 Å². The highest BCUT2D eigenvalue weighted by molar-refractivity contribution is 14.0. The monoisotopic (exact) mass is 563 g/mol. The molecule has 180 valence electrons. The molecule has 1 saturated heterocycles. The number of rotatable bonds is 8. The van der Waals surface area contributed by atoms with Gasteiger partial charge in [0.1, 0.15) is 0 Å². The van der Waals surface area contributed by atoms with Gasteiger partial charge >= 0.3 is 0 Å². The van der Waals surface area contributed by atoms with Crippen molar-refractivity contribution in [2.24, 2.45) is 16.6 Å². The number of nitrogens with one attached hydrogen (secondary N) is 2. The molecule has 1 amide bonds. The van der Waals surface area contributed by atoms with Crippen LogP contribution in [0.5, 0.6) is 0 Å². The van der Waals surface area contributed by atoms with Crippen molar-refractivity contribution in [2.45, 2.75) is 45.7 Å². The molecular formula is C26H38IN5O. The number of hydrogen-bond donors (Lipinski definition) is 3. The second-order valence-corrected chi connectivity index (χ2v) is 8.92. The number of aliphatic imine (C=N–C) groups is 1. The molecule has 33 heavy (non-hydrogen) atoms. The van der Waals surface area contributed by atoms with Crippen LogP contribution < -0.4 is 16.4 Å². The Labute approximate surface area is 215 Å². The molecule has 1 aliphatic rings. The van der Waals surface area contributed by atoms with Crippen LogP contribution in [0.15, 0.2) is 53.5 Å². The van der Waals surface area contributed by atoms with Crippen molar-refractivity contribution < 1.29 is 4.79 Å². The van der Waals surface area contributed by atoms with Crippen LogP contribution in [0.1, 0.15) is 47.9 Å². The van der Waals surface area contributed by atoms with E-state index in [2.05, 4.69) is 82.9 Å². The summed E-state index contributed by atoms with van der Waals surface area (Å²) < 4.78 is 0. The lowest BCUT2D eigenvalue weighted by Crippen LogP contribution is -2.40. The van der Waals surface area contributed by atoms with E-state index in [9.17, 15) is 4.79 Å². The first-order valence-electron chi connectivity index (χ1n) is 11.5. The summed E-state index contributed by atoms with van der Waals surface area (Å²) in [5.74, 6) is 0.995. The number of primary amides is 1. The van der Waals surface area contributed by atoms with E-state index in [0.29, 0.717) is 12.5 Å². The lowest BCUT2D eigenvalue weighted by Gasteiger charge is -2.31. The van der Waals surface area contributed by atoms with E-state index in [1.54, 1.807) is 7.05 Å². The van der Waals surface area contributed by atoms with E-state index in [-0.39, 0.29) is 35.8 Å². The maximum absolute atomic E-state index is 11.5. The van der Waals surface area contributed by atoms with E-state index in [4.69, 9.17) is 5.73 Å². The molecule has 2 unspecified atom stereocenters. The van der Waals surface area contributed by atoms with Gasteiger partial charge in [-0.25, -0.2) is 0 Å². The third-order valence-electron chi connectivity index (χ3n) is 6.18. The largest absolute Gasteiger partial charge is 0.369 e. The Balaban J connectivity index is 0.00000385. The topological polar surface area (TPSA) is 82.8 Å². The third-order valence-corrected chi connectivity index (χ3v) is 6.18. The van der Waals surface area contributed by atoms with Gasteiger partial charge in [-0.15, -0.1) is 24.0 Å². The van der Waals surface area contributed by atoms with Crippen LogP contribution >= 0.6 is 24.0 Å². The number of nitrogens with two attached hydrogens (primary N) is 1. The standard InChI is InChI=1S/C26H37N5O.HI/c1-19-7-4-10-23(13-19)20(2)15-29-26(28-3)30-16-21-8-5-9-22(14-21)17-31-12-6-11-24(18-31)25(27)32;/h4-5,7-10,13-14,20,24H,6,11-12,15-18H2,1-3H3,(H2,27,32)(H2,28,29,30);1H. The van der Waals surface area contributed by atoms with Gasteiger partial charge in [-0.1, -0.05) is 61.0 Å². The molecule has 4 N–H and O–H groups in total. The molecule has 7 heteroatoms. The number of piperidine rings is 1. The number of carbonyl (C=O) groups is 1. The van der Waals surface area contributed by atoms with Crippen molar-refractivity contribution >= 4 is 35.8 Å². The van der Waals surface area contributed by atoms with Crippen molar-refractivity contribution in [1.82, 2.24) is 15.5 Å². The zero-order chi connectivity index (χ0) is 22.9. The Morgan fingerprint density at radius 3 is 2.67 bits per heavy atom. The molecule has 0 saturated carbocycles. The van der Waals surface area contributed by atoms with Crippen LogP contribution in [0.25, 0.3) is 0 Å². The first kappa shape index (κ1) is 27.1. The van der Waals surface area contributed by atoms with Crippen molar-refractivity contribution in [2.75, 3.05) is 26.7 Å². The van der Waals surface area contributed by atoms with Crippen LogP contribution in [-0.2, 0) is 17.9 Å². The van der Waals surface area contributed by atoms with Crippen LogP contribution in [-0.4, -0.2) is 43.4 Å². The fourth-order valence-corrected chi connectivity index (χ4v) is 4.28. The van der Waals surface area contributed by atoms with E-state index < -0.39 is 0 Å². The minimum absolute atomic E-state index is 0. The molecule has 0 spiro atoms. The van der Waals surface area contributed by atoms with E-state index in [1.165, 1.54) is 22.3 Å². The number of carbonyl (C=O) groups excluding carboxylic acids is 1. The first-order chi connectivity index (χ1) is 15.4. The molecule has 0 aliphatic carbocycles. The van der Waals surface area contributed by atoms with Gasteiger partial charge in [-0.2, -0.15) is 0 Å². The smallest absolute Gasteiger partial charge is 0.221 e. The van der Waals surface area contributed by atoms with Crippen molar-refractivity contribution in [3.63, 3.8) is 0 Å². The molecule has 1 fully saturated rings. The predicted octanol–water partition coefficient (Wildman–Crippen LogP) is 3.78. The van der Waals surface area contributed by atoms with Gasteiger partial charge in [-0.05, 0) is 48.9 Å². The number of halogens is 1. The quantitative estimate of drug-likeness (QED) is 0.260. The van der Waals surface area contributed by atoms with Gasteiger partial charge in [0, 0.05) is 33.2 Å². The van der Waals surface area contributed by atoms with E-state index in [1.807, 2.05) is 0 Å². The number of hydrogen-bond acceptors (Lipinski definition) is 3. The van der Waals surface area contributed by atoms with Crippen LogP contribution in [0, 0.1) is 12.8 Å². The predicted molar refractivity (Wildman–Crippen MR) is 147 cm³/mol. The number of benzene rings is 2. The minimum Gasteiger partial charge on any atom is -0.369 e. The van der Waals surface area contributed by atoms with E-state index >= 15 is 0 Å². The SMILES string of the molecule is CN=C(NCc1cccc(CN2CCCC(C(N)=O)C2)c1)NCC(C)c1cccc(C)c1.I. The molecule has 2 aromatic carbocycles. The summed E-state index contributed by atoms with van der Waals surface area (Å²) in [5.41, 5.74) is 10.6.